The van der Waals surface area contributed by atoms with Crippen LogP contribution in [0.5, 0.6) is 0 Å². The van der Waals surface area contributed by atoms with Crippen LogP contribution in [0.2, 0.25) is 0 Å². The number of fused-ring (bicyclic) bond motifs is 3. The first-order valence-electron chi connectivity index (χ1n) is 8.25. The second kappa shape index (κ2) is 4.10. The minimum atomic E-state index is 0.664. The minimum absolute atomic E-state index is 0.664. The van der Waals surface area contributed by atoms with Gasteiger partial charge in [0.05, 0.1) is 22.7 Å². The van der Waals surface area contributed by atoms with Crippen molar-refractivity contribution in [3.05, 3.63) is 29.6 Å². The molecule has 0 aliphatic heterocycles. The molecule has 0 radical (unpaired) electrons. The molecule has 0 N–H and O–H groups in total. The summed E-state index contributed by atoms with van der Waals surface area (Å²) >= 11 is 0. The fourth-order valence-electron chi connectivity index (χ4n) is 4.73. The van der Waals surface area contributed by atoms with Crippen molar-refractivity contribution in [1.82, 2.24) is 9.55 Å². The van der Waals surface area contributed by atoms with E-state index in [-0.39, 0.29) is 0 Å². The van der Waals surface area contributed by atoms with Crippen LogP contribution < -0.4 is 0 Å². The van der Waals surface area contributed by atoms with Crippen molar-refractivity contribution in [2.75, 3.05) is 0 Å². The van der Waals surface area contributed by atoms with Gasteiger partial charge in [-0.15, -0.1) is 0 Å². The van der Waals surface area contributed by atoms with Crippen molar-refractivity contribution in [3.8, 4) is 6.07 Å². The summed E-state index contributed by atoms with van der Waals surface area (Å²) in [7, 11) is 0. The van der Waals surface area contributed by atoms with E-state index in [1.165, 1.54) is 49.9 Å². The van der Waals surface area contributed by atoms with Gasteiger partial charge in [-0.2, -0.15) is 5.26 Å². The van der Waals surface area contributed by atoms with E-state index >= 15 is 0 Å². The molecule has 21 heavy (non-hydrogen) atoms. The predicted octanol–water partition coefficient (Wildman–Crippen LogP) is 4.15. The highest BCUT2D eigenvalue weighted by Crippen LogP contribution is 2.54. The molecule has 3 nitrogen and oxygen atoms in total. The summed E-state index contributed by atoms with van der Waals surface area (Å²) in [4.78, 5) is 5.00. The minimum Gasteiger partial charge on any atom is -0.325 e. The Labute approximate surface area is 124 Å². The highest BCUT2D eigenvalue weighted by molar-refractivity contribution is 5.78. The molecule has 3 fully saturated rings. The molecule has 0 amide bonds. The molecule has 2 aromatic rings. The van der Waals surface area contributed by atoms with Gasteiger partial charge in [0.15, 0.2) is 0 Å². The Morgan fingerprint density at radius 2 is 2.05 bits per heavy atom. The Morgan fingerprint density at radius 1 is 1.14 bits per heavy atom. The Bertz CT molecular complexity index is 763. The first-order chi connectivity index (χ1) is 10.3. The number of aromatic nitrogens is 2. The smallest absolute Gasteiger partial charge is 0.113 e. The number of nitriles is 1. The summed E-state index contributed by atoms with van der Waals surface area (Å²) in [5.74, 6) is 3.80. The quantitative estimate of drug-likeness (QED) is 0.827. The fraction of sp³-hybridized carbons (Fsp3) is 0.556. The average Bonchev–Trinajstić information content (AvgIpc) is 2.99. The van der Waals surface area contributed by atoms with E-state index in [9.17, 15) is 0 Å². The summed E-state index contributed by atoms with van der Waals surface area (Å²) in [5.41, 5.74) is 3.00. The van der Waals surface area contributed by atoms with Crippen molar-refractivity contribution >= 4 is 11.0 Å². The van der Waals surface area contributed by atoms with Crippen LogP contribution in [0.25, 0.3) is 11.0 Å². The Kier molecular flexibility index (Phi) is 2.30. The molecule has 1 aromatic carbocycles. The standard InChI is InChI=1S/C18H19N3/c19-10-12-2-6-17-16(9-12)20-18(21(17)14-4-5-14)15-8-11-1-3-13(15)7-11/h2,6,9,11,13-15H,1,3-5,7-8H2. The molecule has 0 saturated heterocycles. The van der Waals surface area contributed by atoms with E-state index in [2.05, 4.69) is 16.7 Å². The highest BCUT2D eigenvalue weighted by Gasteiger charge is 2.43. The third-order valence-electron chi connectivity index (χ3n) is 5.83. The van der Waals surface area contributed by atoms with Crippen molar-refractivity contribution in [1.29, 1.82) is 5.26 Å². The Hall–Kier alpha value is -1.82. The third-order valence-corrected chi connectivity index (χ3v) is 5.83. The topological polar surface area (TPSA) is 41.6 Å². The van der Waals surface area contributed by atoms with E-state index in [1.54, 1.807) is 0 Å². The van der Waals surface area contributed by atoms with Gasteiger partial charge in [0, 0.05) is 12.0 Å². The SMILES string of the molecule is N#Cc1ccc2c(c1)nc(C1CC3CCC1C3)n2C1CC1. The van der Waals surface area contributed by atoms with Crippen LogP contribution in [0.3, 0.4) is 0 Å². The zero-order valence-corrected chi connectivity index (χ0v) is 12.1. The van der Waals surface area contributed by atoms with Crippen LogP contribution >= 0.6 is 0 Å². The number of hydrogen-bond donors (Lipinski definition) is 0. The molecule has 2 bridgehead atoms. The summed E-state index contributed by atoms with van der Waals surface area (Å²) in [5, 5.41) is 9.11. The van der Waals surface area contributed by atoms with Gasteiger partial charge >= 0.3 is 0 Å². The lowest BCUT2D eigenvalue weighted by Crippen LogP contribution is -2.14. The van der Waals surface area contributed by atoms with E-state index in [4.69, 9.17) is 10.2 Å². The van der Waals surface area contributed by atoms with Crippen LogP contribution in [0.4, 0.5) is 0 Å². The number of imidazole rings is 1. The molecule has 3 unspecified atom stereocenters. The molecule has 3 aliphatic carbocycles. The first kappa shape index (κ1) is 11.8. The second-order valence-electron chi connectivity index (χ2n) is 7.17. The molecule has 3 heteroatoms. The van der Waals surface area contributed by atoms with Crippen LogP contribution in [0, 0.1) is 23.2 Å². The first-order valence-corrected chi connectivity index (χ1v) is 8.25. The Morgan fingerprint density at radius 3 is 2.71 bits per heavy atom. The number of nitrogens with zero attached hydrogens (tertiary/aromatic N) is 3. The largest absolute Gasteiger partial charge is 0.325 e. The van der Waals surface area contributed by atoms with Gasteiger partial charge < -0.3 is 4.57 Å². The lowest BCUT2D eigenvalue weighted by Gasteiger charge is -2.22. The van der Waals surface area contributed by atoms with Gasteiger partial charge in [0.2, 0.25) is 0 Å². The molecule has 0 spiro atoms. The summed E-state index contributed by atoms with van der Waals surface area (Å²) in [6, 6.07) is 8.91. The predicted molar refractivity (Wildman–Crippen MR) is 80.9 cm³/mol. The zero-order valence-electron chi connectivity index (χ0n) is 12.1. The van der Waals surface area contributed by atoms with E-state index in [0.29, 0.717) is 12.0 Å². The third kappa shape index (κ3) is 1.68. The van der Waals surface area contributed by atoms with Gasteiger partial charge in [-0.3, -0.25) is 0 Å². The summed E-state index contributed by atoms with van der Waals surface area (Å²) in [6.45, 7) is 0. The molecule has 3 saturated carbocycles. The number of rotatable bonds is 2. The summed E-state index contributed by atoms with van der Waals surface area (Å²) in [6.07, 6.45) is 8.17. The number of benzene rings is 1. The van der Waals surface area contributed by atoms with Gasteiger partial charge in [0.1, 0.15) is 5.82 Å². The molecule has 106 valence electrons. The van der Waals surface area contributed by atoms with Crippen LogP contribution in [-0.2, 0) is 0 Å². The maximum Gasteiger partial charge on any atom is 0.113 e. The Balaban J connectivity index is 1.68. The lowest BCUT2D eigenvalue weighted by molar-refractivity contribution is 0.395. The molecule has 5 rings (SSSR count). The lowest BCUT2D eigenvalue weighted by atomic mass is 9.88. The maximum atomic E-state index is 9.11. The van der Waals surface area contributed by atoms with Crippen molar-refractivity contribution < 1.29 is 0 Å². The average molecular weight is 277 g/mol. The second-order valence-corrected chi connectivity index (χ2v) is 7.17. The van der Waals surface area contributed by atoms with E-state index in [0.717, 1.165) is 22.9 Å². The monoisotopic (exact) mass is 277 g/mol. The van der Waals surface area contributed by atoms with Crippen molar-refractivity contribution in [2.24, 2.45) is 11.8 Å². The van der Waals surface area contributed by atoms with Gasteiger partial charge in [0.25, 0.3) is 0 Å². The normalized spacial score (nSPS) is 30.9. The van der Waals surface area contributed by atoms with Crippen molar-refractivity contribution in [3.63, 3.8) is 0 Å². The van der Waals surface area contributed by atoms with Crippen molar-refractivity contribution in [2.45, 2.75) is 50.5 Å². The molecule has 1 aromatic heterocycles. The highest BCUT2D eigenvalue weighted by atomic mass is 15.1. The van der Waals surface area contributed by atoms with E-state index < -0.39 is 0 Å². The molecule has 1 heterocycles. The molecular formula is C18H19N3. The summed E-state index contributed by atoms with van der Waals surface area (Å²) < 4.78 is 2.52. The van der Waals surface area contributed by atoms with Crippen LogP contribution in [0.1, 0.15) is 61.9 Å². The van der Waals surface area contributed by atoms with Gasteiger partial charge in [-0.1, -0.05) is 6.42 Å². The molecule has 3 aliphatic rings. The van der Waals surface area contributed by atoms with Crippen LogP contribution in [0.15, 0.2) is 18.2 Å². The van der Waals surface area contributed by atoms with Gasteiger partial charge in [-0.05, 0) is 62.1 Å². The van der Waals surface area contributed by atoms with Gasteiger partial charge in [-0.25, -0.2) is 4.98 Å². The fourth-order valence-corrected chi connectivity index (χ4v) is 4.73. The van der Waals surface area contributed by atoms with Crippen LogP contribution in [-0.4, -0.2) is 9.55 Å². The number of hydrogen-bond acceptors (Lipinski definition) is 2. The molecule has 3 atom stereocenters. The zero-order chi connectivity index (χ0) is 14.0. The maximum absolute atomic E-state index is 9.11. The molecular weight excluding hydrogens is 258 g/mol. The van der Waals surface area contributed by atoms with E-state index in [1.807, 2.05) is 12.1 Å².